The van der Waals surface area contributed by atoms with Gasteiger partial charge in [0, 0.05) is 13.7 Å². The molecule has 1 saturated heterocycles. The minimum absolute atomic E-state index is 0.233. The van der Waals surface area contributed by atoms with Crippen molar-refractivity contribution in [2.45, 2.75) is 44.1 Å². The van der Waals surface area contributed by atoms with Crippen LogP contribution in [0, 0.1) is 11.8 Å². The molecule has 0 bridgehead atoms. The van der Waals surface area contributed by atoms with Crippen LogP contribution in [0.5, 0.6) is 0 Å². The summed E-state index contributed by atoms with van der Waals surface area (Å²) in [5.41, 5.74) is 5.58. The maximum absolute atomic E-state index is 11.9. The van der Waals surface area contributed by atoms with Gasteiger partial charge in [-0.05, 0) is 63.6 Å². The summed E-state index contributed by atoms with van der Waals surface area (Å²) in [7, 11) is 3.22. The van der Waals surface area contributed by atoms with E-state index in [1.54, 1.807) is 7.11 Å². The molecule has 122 valence electrons. The maximum Gasteiger partial charge on any atom is 0.326 e. The molecule has 0 aromatic rings. The quantitative estimate of drug-likeness (QED) is 0.751. The van der Waals surface area contributed by atoms with Crippen molar-refractivity contribution >= 4 is 5.97 Å². The van der Waals surface area contributed by atoms with Crippen LogP contribution in [0.3, 0.4) is 0 Å². The molecule has 0 aromatic carbocycles. The van der Waals surface area contributed by atoms with Gasteiger partial charge in [-0.1, -0.05) is 6.42 Å². The van der Waals surface area contributed by atoms with Crippen LogP contribution in [-0.2, 0) is 14.3 Å². The number of nitrogens with two attached hydrogens (primary N) is 1. The number of nitrogens with zero attached hydrogens (tertiary/aromatic N) is 1. The summed E-state index contributed by atoms with van der Waals surface area (Å²) in [6.45, 7) is 4.19. The average molecular weight is 298 g/mol. The molecule has 2 rings (SSSR count). The Morgan fingerprint density at radius 3 is 2.62 bits per heavy atom. The van der Waals surface area contributed by atoms with Crippen molar-refractivity contribution in [3.8, 4) is 0 Å². The number of methoxy groups -OCH3 is 2. The van der Waals surface area contributed by atoms with Gasteiger partial charge in [-0.2, -0.15) is 0 Å². The monoisotopic (exact) mass is 298 g/mol. The Labute approximate surface area is 128 Å². The Morgan fingerprint density at radius 2 is 2.00 bits per heavy atom. The predicted molar refractivity (Wildman–Crippen MR) is 81.9 cm³/mol. The van der Waals surface area contributed by atoms with E-state index in [0.29, 0.717) is 5.92 Å². The van der Waals surface area contributed by atoms with Gasteiger partial charge >= 0.3 is 5.97 Å². The third-order valence-corrected chi connectivity index (χ3v) is 5.34. The molecule has 0 radical (unpaired) electrons. The van der Waals surface area contributed by atoms with Gasteiger partial charge in [0.2, 0.25) is 0 Å². The fourth-order valence-electron chi connectivity index (χ4n) is 3.91. The molecule has 1 saturated carbocycles. The molecular weight excluding hydrogens is 268 g/mol. The Morgan fingerprint density at radius 1 is 1.29 bits per heavy atom. The van der Waals surface area contributed by atoms with Crippen molar-refractivity contribution in [3.05, 3.63) is 0 Å². The van der Waals surface area contributed by atoms with Crippen LogP contribution in [-0.4, -0.2) is 56.9 Å². The van der Waals surface area contributed by atoms with Gasteiger partial charge in [0.15, 0.2) is 0 Å². The summed E-state index contributed by atoms with van der Waals surface area (Å²) in [4.78, 5) is 14.4. The summed E-state index contributed by atoms with van der Waals surface area (Å²) < 4.78 is 10.1. The minimum atomic E-state index is -0.747. The standard InChI is InChI=1S/C16H30N2O3/c1-20-12-13-5-9-18(10-6-13)11-7-14-4-3-8-16(14,17)15(19)21-2/h13-14H,3-12,17H2,1-2H3. The molecular formula is C16H30N2O3. The van der Waals surface area contributed by atoms with E-state index in [1.165, 1.54) is 20.0 Å². The van der Waals surface area contributed by atoms with E-state index < -0.39 is 5.54 Å². The van der Waals surface area contributed by atoms with Crippen molar-refractivity contribution in [3.63, 3.8) is 0 Å². The zero-order valence-corrected chi connectivity index (χ0v) is 13.5. The number of hydrogen-bond acceptors (Lipinski definition) is 5. The van der Waals surface area contributed by atoms with E-state index in [1.807, 2.05) is 0 Å². The number of hydrogen-bond donors (Lipinski definition) is 1. The second-order valence-corrected chi connectivity index (χ2v) is 6.65. The van der Waals surface area contributed by atoms with E-state index in [2.05, 4.69) is 4.90 Å². The van der Waals surface area contributed by atoms with Gasteiger partial charge in [-0.3, -0.25) is 4.79 Å². The lowest BCUT2D eigenvalue weighted by molar-refractivity contribution is -0.148. The molecule has 2 N–H and O–H groups in total. The van der Waals surface area contributed by atoms with Crippen molar-refractivity contribution in [1.82, 2.24) is 4.90 Å². The average Bonchev–Trinajstić information content (AvgIpc) is 2.88. The summed E-state index contributed by atoms with van der Waals surface area (Å²) in [5, 5.41) is 0. The van der Waals surface area contributed by atoms with Crippen LogP contribution >= 0.6 is 0 Å². The largest absolute Gasteiger partial charge is 0.468 e. The van der Waals surface area contributed by atoms with Gasteiger partial charge in [0.25, 0.3) is 0 Å². The molecule has 0 spiro atoms. The van der Waals surface area contributed by atoms with E-state index in [0.717, 1.165) is 51.9 Å². The number of carbonyl (C=O) groups is 1. The SMILES string of the molecule is COCC1CCN(CCC2CCCC2(N)C(=O)OC)CC1. The zero-order valence-electron chi connectivity index (χ0n) is 13.5. The predicted octanol–water partition coefficient (Wildman–Crippen LogP) is 1.41. The van der Waals surface area contributed by atoms with E-state index >= 15 is 0 Å². The highest BCUT2D eigenvalue weighted by atomic mass is 16.5. The second-order valence-electron chi connectivity index (χ2n) is 6.65. The van der Waals surface area contributed by atoms with Gasteiger partial charge in [0.05, 0.1) is 7.11 Å². The molecule has 0 aromatic heterocycles. The Hall–Kier alpha value is -0.650. The first kappa shape index (κ1) is 16.7. The molecule has 1 aliphatic heterocycles. The molecule has 2 unspecified atom stereocenters. The third kappa shape index (κ3) is 3.96. The van der Waals surface area contributed by atoms with Crippen LogP contribution in [0.2, 0.25) is 0 Å². The van der Waals surface area contributed by atoms with E-state index in [4.69, 9.17) is 15.2 Å². The number of rotatable bonds is 6. The van der Waals surface area contributed by atoms with Crippen LogP contribution in [0.1, 0.15) is 38.5 Å². The fraction of sp³-hybridized carbons (Fsp3) is 0.938. The van der Waals surface area contributed by atoms with Crippen LogP contribution in [0.15, 0.2) is 0 Å². The Bertz CT molecular complexity index is 342. The van der Waals surface area contributed by atoms with Gasteiger partial charge in [0.1, 0.15) is 5.54 Å². The molecule has 1 aliphatic carbocycles. The molecule has 2 aliphatic rings. The number of ether oxygens (including phenoxy) is 2. The van der Waals surface area contributed by atoms with Crippen molar-refractivity contribution < 1.29 is 14.3 Å². The second kappa shape index (κ2) is 7.56. The lowest BCUT2D eigenvalue weighted by Crippen LogP contribution is -2.52. The molecule has 5 nitrogen and oxygen atoms in total. The highest BCUT2D eigenvalue weighted by molar-refractivity contribution is 5.81. The fourth-order valence-corrected chi connectivity index (χ4v) is 3.91. The summed E-state index contributed by atoms with van der Waals surface area (Å²) in [5.74, 6) is 0.742. The number of likely N-dealkylation sites (tertiary alicyclic amines) is 1. The topological polar surface area (TPSA) is 64.8 Å². The lowest BCUT2D eigenvalue weighted by Gasteiger charge is -2.34. The maximum atomic E-state index is 11.9. The van der Waals surface area contributed by atoms with Gasteiger partial charge < -0.3 is 20.1 Å². The molecule has 0 amide bonds. The first-order valence-corrected chi connectivity index (χ1v) is 8.18. The third-order valence-electron chi connectivity index (χ3n) is 5.34. The van der Waals surface area contributed by atoms with Crippen LogP contribution < -0.4 is 5.73 Å². The first-order chi connectivity index (χ1) is 10.1. The zero-order chi connectivity index (χ0) is 15.3. The summed E-state index contributed by atoms with van der Waals surface area (Å²) in [6.07, 6.45) is 6.27. The van der Waals surface area contributed by atoms with Crippen molar-refractivity contribution in [2.75, 3.05) is 40.5 Å². The van der Waals surface area contributed by atoms with E-state index in [9.17, 15) is 4.79 Å². The molecule has 2 fully saturated rings. The number of carbonyl (C=O) groups excluding carboxylic acids is 1. The number of esters is 1. The van der Waals surface area contributed by atoms with Crippen LogP contribution in [0.4, 0.5) is 0 Å². The minimum Gasteiger partial charge on any atom is -0.468 e. The van der Waals surface area contributed by atoms with Crippen molar-refractivity contribution in [1.29, 1.82) is 0 Å². The molecule has 2 atom stereocenters. The normalized spacial score (nSPS) is 31.5. The first-order valence-electron chi connectivity index (χ1n) is 8.18. The Kier molecular flexibility index (Phi) is 6.02. The molecule has 5 heteroatoms. The highest BCUT2D eigenvalue weighted by Crippen LogP contribution is 2.37. The van der Waals surface area contributed by atoms with Crippen LogP contribution in [0.25, 0.3) is 0 Å². The summed E-state index contributed by atoms with van der Waals surface area (Å²) >= 11 is 0. The summed E-state index contributed by atoms with van der Waals surface area (Å²) in [6, 6.07) is 0. The van der Waals surface area contributed by atoms with Gasteiger partial charge in [-0.15, -0.1) is 0 Å². The van der Waals surface area contributed by atoms with Gasteiger partial charge in [-0.25, -0.2) is 0 Å². The molecule has 21 heavy (non-hydrogen) atoms. The lowest BCUT2D eigenvalue weighted by atomic mass is 9.85. The smallest absolute Gasteiger partial charge is 0.326 e. The van der Waals surface area contributed by atoms with E-state index in [-0.39, 0.29) is 11.9 Å². The number of piperidine rings is 1. The molecule has 1 heterocycles. The van der Waals surface area contributed by atoms with Crippen molar-refractivity contribution in [2.24, 2.45) is 17.6 Å². The Balaban J connectivity index is 1.77. The highest BCUT2D eigenvalue weighted by Gasteiger charge is 2.46.